The van der Waals surface area contributed by atoms with Crippen molar-refractivity contribution in [3.05, 3.63) is 33.9 Å². The van der Waals surface area contributed by atoms with Crippen molar-refractivity contribution in [1.82, 2.24) is 10.2 Å². The smallest absolute Gasteiger partial charge is 0.274 e. The molecule has 1 fully saturated rings. The molecule has 1 saturated carbocycles. The van der Waals surface area contributed by atoms with Gasteiger partial charge in [0.2, 0.25) is 11.0 Å². The number of nitrogens with zero attached hydrogens (tertiary/aromatic N) is 3. The first-order valence-corrected chi connectivity index (χ1v) is 9.10. The molecule has 1 heterocycles. The van der Waals surface area contributed by atoms with Crippen molar-refractivity contribution < 1.29 is 9.72 Å². The Morgan fingerprint density at radius 1 is 1.46 bits per heavy atom. The Morgan fingerprint density at radius 3 is 2.96 bits per heavy atom. The number of benzene rings is 1. The molecule has 0 unspecified atom stereocenters. The fourth-order valence-electron chi connectivity index (χ4n) is 2.00. The molecule has 1 aliphatic rings. The van der Waals surface area contributed by atoms with Gasteiger partial charge in [0.1, 0.15) is 0 Å². The number of thioether (sulfide) groups is 1. The third kappa shape index (κ3) is 4.20. The molecule has 10 heteroatoms. The number of carbonyl (C=O) groups is 1. The summed E-state index contributed by atoms with van der Waals surface area (Å²) in [4.78, 5) is 22.5. The van der Waals surface area contributed by atoms with E-state index < -0.39 is 4.92 Å². The summed E-state index contributed by atoms with van der Waals surface area (Å²) >= 11 is 2.71. The summed E-state index contributed by atoms with van der Waals surface area (Å²) in [5, 5.41) is 25.7. The third-order valence-corrected chi connectivity index (χ3v) is 5.40. The molecule has 0 aliphatic heterocycles. The van der Waals surface area contributed by atoms with Crippen molar-refractivity contribution >= 4 is 45.5 Å². The van der Waals surface area contributed by atoms with Gasteiger partial charge in [-0.15, -0.1) is 10.2 Å². The highest BCUT2D eigenvalue weighted by Gasteiger charge is 2.22. The molecule has 8 nitrogen and oxygen atoms in total. The molecule has 3 rings (SSSR count). The topological polar surface area (TPSA) is 110 Å². The van der Waals surface area contributed by atoms with E-state index in [1.165, 1.54) is 29.2 Å². The molecule has 1 aromatic heterocycles. The average molecular weight is 365 g/mol. The van der Waals surface area contributed by atoms with E-state index in [1.807, 2.05) is 0 Å². The van der Waals surface area contributed by atoms with E-state index in [-0.39, 0.29) is 17.3 Å². The number of nitro benzene ring substituents is 1. The number of aromatic nitrogens is 2. The van der Waals surface area contributed by atoms with Crippen LogP contribution in [-0.4, -0.2) is 32.8 Å². The number of hydrogen-bond donors (Lipinski definition) is 2. The minimum atomic E-state index is -0.463. The van der Waals surface area contributed by atoms with Crippen LogP contribution in [0.4, 0.5) is 16.5 Å². The Morgan fingerprint density at radius 2 is 2.25 bits per heavy atom. The Labute approximate surface area is 146 Å². The minimum Gasteiger partial charge on any atom is -0.357 e. The van der Waals surface area contributed by atoms with E-state index in [4.69, 9.17) is 0 Å². The quantitative estimate of drug-likeness (QED) is 0.441. The van der Waals surface area contributed by atoms with Gasteiger partial charge in [-0.2, -0.15) is 0 Å². The Bertz CT molecular complexity index is 776. The predicted molar refractivity (Wildman–Crippen MR) is 93.7 cm³/mol. The van der Waals surface area contributed by atoms with Crippen LogP contribution in [0.5, 0.6) is 0 Å². The monoisotopic (exact) mass is 365 g/mol. The number of amides is 1. The third-order valence-electron chi connectivity index (χ3n) is 3.41. The summed E-state index contributed by atoms with van der Waals surface area (Å²) in [6.45, 7) is 1.61. The predicted octanol–water partition coefficient (Wildman–Crippen LogP) is 3.06. The number of nitro groups is 1. The van der Waals surface area contributed by atoms with Gasteiger partial charge in [-0.3, -0.25) is 14.9 Å². The van der Waals surface area contributed by atoms with Gasteiger partial charge in [-0.1, -0.05) is 29.2 Å². The van der Waals surface area contributed by atoms with Crippen LogP contribution < -0.4 is 10.6 Å². The maximum atomic E-state index is 12.1. The van der Waals surface area contributed by atoms with Gasteiger partial charge >= 0.3 is 0 Å². The van der Waals surface area contributed by atoms with Gasteiger partial charge in [0.05, 0.1) is 21.9 Å². The van der Waals surface area contributed by atoms with Crippen LogP contribution >= 0.6 is 23.1 Å². The van der Waals surface area contributed by atoms with Crippen molar-refractivity contribution in [2.24, 2.45) is 0 Å². The van der Waals surface area contributed by atoms with Crippen LogP contribution in [-0.2, 0) is 4.79 Å². The van der Waals surface area contributed by atoms with Crippen LogP contribution in [0.3, 0.4) is 0 Å². The SMILES string of the molecule is Cc1c(NC(=O)CSc2nnc(NC3CC3)s2)cccc1[N+](=O)[O-]. The molecule has 0 bridgehead atoms. The molecule has 0 saturated heterocycles. The number of hydrogen-bond acceptors (Lipinski definition) is 8. The van der Waals surface area contributed by atoms with E-state index in [2.05, 4.69) is 20.8 Å². The average Bonchev–Trinajstić information content (AvgIpc) is 3.24. The van der Waals surface area contributed by atoms with Crippen molar-refractivity contribution in [1.29, 1.82) is 0 Å². The lowest BCUT2D eigenvalue weighted by molar-refractivity contribution is -0.385. The summed E-state index contributed by atoms with van der Waals surface area (Å²) < 4.78 is 0.712. The highest BCUT2D eigenvalue weighted by molar-refractivity contribution is 8.01. The van der Waals surface area contributed by atoms with E-state index in [9.17, 15) is 14.9 Å². The molecule has 2 aromatic rings. The second-order valence-electron chi connectivity index (χ2n) is 5.34. The van der Waals surface area contributed by atoms with Crippen molar-refractivity contribution in [3.63, 3.8) is 0 Å². The zero-order valence-corrected chi connectivity index (χ0v) is 14.4. The molecule has 1 aromatic carbocycles. The lowest BCUT2D eigenvalue weighted by atomic mass is 10.1. The van der Waals surface area contributed by atoms with Gasteiger partial charge in [0, 0.05) is 12.1 Å². The summed E-state index contributed by atoms with van der Waals surface area (Å²) in [5.41, 5.74) is 0.871. The molecule has 1 aliphatic carbocycles. The Hall–Kier alpha value is -2.20. The molecule has 2 N–H and O–H groups in total. The maximum absolute atomic E-state index is 12.1. The van der Waals surface area contributed by atoms with Gasteiger partial charge in [0.25, 0.3) is 5.69 Å². The summed E-state index contributed by atoms with van der Waals surface area (Å²) in [5.74, 6) is -0.0734. The van der Waals surface area contributed by atoms with Gasteiger partial charge < -0.3 is 10.6 Å². The summed E-state index contributed by atoms with van der Waals surface area (Å²) in [6, 6.07) is 5.12. The minimum absolute atomic E-state index is 0.0135. The first kappa shape index (κ1) is 16.7. The van der Waals surface area contributed by atoms with Gasteiger partial charge in [-0.05, 0) is 25.8 Å². The number of anilines is 2. The molecular weight excluding hydrogens is 350 g/mol. The summed E-state index contributed by atoms with van der Waals surface area (Å²) in [6.07, 6.45) is 2.32. The van der Waals surface area contributed by atoms with Crippen LogP contribution in [0, 0.1) is 17.0 Å². The first-order valence-electron chi connectivity index (χ1n) is 7.29. The zero-order valence-electron chi connectivity index (χ0n) is 12.8. The fraction of sp³-hybridized carbons (Fsp3) is 0.357. The Balaban J connectivity index is 1.54. The summed E-state index contributed by atoms with van der Waals surface area (Å²) in [7, 11) is 0. The van der Waals surface area contributed by atoms with Crippen LogP contribution in [0.25, 0.3) is 0 Å². The molecule has 1 amide bonds. The van der Waals surface area contributed by atoms with Crippen molar-refractivity contribution in [2.45, 2.75) is 30.1 Å². The Kier molecular flexibility index (Phi) is 4.95. The van der Waals surface area contributed by atoms with E-state index in [0.29, 0.717) is 21.6 Å². The lowest BCUT2D eigenvalue weighted by Gasteiger charge is -2.07. The van der Waals surface area contributed by atoms with E-state index in [0.717, 1.165) is 18.0 Å². The highest BCUT2D eigenvalue weighted by atomic mass is 32.2. The van der Waals surface area contributed by atoms with Crippen LogP contribution in [0.2, 0.25) is 0 Å². The normalized spacial score (nSPS) is 13.5. The second kappa shape index (κ2) is 7.14. The maximum Gasteiger partial charge on any atom is 0.274 e. The fourth-order valence-corrected chi connectivity index (χ4v) is 3.63. The van der Waals surface area contributed by atoms with Crippen molar-refractivity contribution in [3.8, 4) is 0 Å². The number of nitrogens with one attached hydrogen (secondary N) is 2. The largest absolute Gasteiger partial charge is 0.357 e. The number of carbonyl (C=O) groups excluding carboxylic acids is 1. The molecule has 126 valence electrons. The zero-order chi connectivity index (χ0) is 17.1. The van der Waals surface area contributed by atoms with E-state index >= 15 is 0 Å². The molecule has 0 radical (unpaired) electrons. The van der Waals surface area contributed by atoms with Gasteiger partial charge in [0.15, 0.2) is 4.34 Å². The number of rotatable bonds is 7. The molecule has 0 atom stereocenters. The van der Waals surface area contributed by atoms with Crippen LogP contribution in [0.15, 0.2) is 22.5 Å². The molecular formula is C14H15N5O3S2. The van der Waals surface area contributed by atoms with Crippen LogP contribution in [0.1, 0.15) is 18.4 Å². The second-order valence-corrected chi connectivity index (χ2v) is 7.54. The lowest BCUT2D eigenvalue weighted by Crippen LogP contribution is -2.15. The van der Waals surface area contributed by atoms with Crippen molar-refractivity contribution in [2.75, 3.05) is 16.4 Å². The molecule has 24 heavy (non-hydrogen) atoms. The first-order chi connectivity index (χ1) is 11.5. The standard InChI is InChI=1S/C14H15N5O3S2/c1-8-10(3-2-4-11(8)19(21)22)16-12(20)7-23-14-18-17-13(24-14)15-9-5-6-9/h2-4,9H,5-7H2,1H3,(H,15,17)(H,16,20). The molecule has 0 spiro atoms. The van der Waals surface area contributed by atoms with Gasteiger partial charge in [-0.25, -0.2) is 0 Å². The highest BCUT2D eigenvalue weighted by Crippen LogP contribution is 2.30. The van der Waals surface area contributed by atoms with E-state index in [1.54, 1.807) is 19.1 Å².